The molecule has 0 bridgehead atoms. The predicted molar refractivity (Wildman–Crippen MR) is 311 cm³/mol. The van der Waals surface area contributed by atoms with E-state index in [-0.39, 0.29) is 6.54 Å². The largest absolute Gasteiger partial charge is 0.482 e. The molecular formula is C66H67Cl2N5O4. The van der Waals surface area contributed by atoms with E-state index in [9.17, 15) is 5.26 Å². The molecule has 4 N–H and O–H groups in total. The lowest BCUT2D eigenvalue weighted by Gasteiger charge is -2.59. The first-order chi connectivity index (χ1) is 37.6. The van der Waals surface area contributed by atoms with Crippen LogP contribution in [0.4, 0.5) is 0 Å². The second-order valence-corrected chi connectivity index (χ2v) is 19.9. The van der Waals surface area contributed by atoms with Gasteiger partial charge in [0.05, 0.1) is 29.4 Å². The lowest BCUT2D eigenvalue weighted by molar-refractivity contribution is -0.188. The van der Waals surface area contributed by atoms with Crippen LogP contribution in [0.25, 0.3) is 0 Å². The topological polar surface area (TPSA) is 109 Å². The molecule has 77 heavy (non-hydrogen) atoms. The lowest BCUT2D eigenvalue weighted by Crippen LogP contribution is -2.69. The third kappa shape index (κ3) is 12.5. The normalized spacial score (nSPS) is 14.9. The van der Waals surface area contributed by atoms with Crippen LogP contribution in [0.1, 0.15) is 33.4 Å². The van der Waals surface area contributed by atoms with Crippen molar-refractivity contribution in [1.82, 2.24) is 21.3 Å². The first-order valence-electron chi connectivity index (χ1n) is 26.0. The molecule has 0 spiro atoms. The number of hydrogen-bond acceptors (Lipinski definition) is 9. The standard InChI is InChI=1S/C66H67Cl2N5O4/c1-48-21-18-19-32-60(48)74-63(50-22-10-6-11-23-50)59(45-71-3)65(52-26-14-8-15-27-52,76-57-39-35-54(67)36-40-57)62(47-73-5)66(53-28-16-9-17-29-53,77-58-31-20-30-55(68)43-58)61(46-72-4)64(41-42-70-2,51-24-12-7-13-25-51)75-56-37-33-49(44-69)34-38-56/h6-41,43,59,61-62,70-73H,42,45-47H2,1-5H3. The average Bonchev–Trinajstić information content (AvgIpc) is 3.56. The number of benzene rings is 8. The molecule has 0 saturated heterocycles. The summed E-state index contributed by atoms with van der Waals surface area (Å²) in [5.41, 5.74) is 0.423. The van der Waals surface area contributed by atoms with Gasteiger partial charge in [-0.15, -0.1) is 0 Å². The van der Waals surface area contributed by atoms with Crippen LogP contribution in [0.3, 0.4) is 0 Å². The molecular weight excluding hydrogens is 998 g/mol. The van der Waals surface area contributed by atoms with Crippen molar-refractivity contribution in [3.63, 3.8) is 0 Å². The highest BCUT2D eigenvalue weighted by Gasteiger charge is 2.68. The van der Waals surface area contributed by atoms with E-state index in [0.717, 1.165) is 27.8 Å². The zero-order chi connectivity index (χ0) is 54.1. The van der Waals surface area contributed by atoms with Crippen LogP contribution in [0, 0.1) is 48.5 Å². The number of nitriles is 1. The Balaban J connectivity index is 1.62. The van der Waals surface area contributed by atoms with E-state index < -0.39 is 34.6 Å². The number of ether oxygens (including phenoxy) is 4. The SMILES string of the molecule is CNC[CH]C(Oc1ccc(C#N)cc1)(c1ccccc1)C(CNC)C(Oc1cccc(Cl)c1)(c1ccccc1)C(CNC)C(Oc1ccc(Cl)cc1)(c1ccccc1)C(CNC)[C](Oc1ccccc1C)c1ccccc1. The van der Waals surface area contributed by atoms with E-state index in [1.54, 1.807) is 12.1 Å². The summed E-state index contributed by atoms with van der Waals surface area (Å²) in [6.45, 7) is 3.39. The van der Waals surface area contributed by atoms with Gasteiger partial charge in [0.1, 0.15) is 28.6 Å². The van der Waals surface area contributed by atoms with Gasteiger partial charge in [0.2, 0.25) is 0 Å². The van der Waals surface area contributed by atoms with Gasteiger partial charge in [0, 0.05) is 48.2 Å². The minimum Gasteiger partial charge on any atom is -0.482 e. The Labute approximate surface area is 465 Å². The second-order valence-electron chi connectivity index (χ2n) is 19.0. The van der Waals surface area contributed by atoms with Crippen molar-refractivity contribution >= 4 is 23.2 Å². The molecule has 6 unspecified atom stereocenters. The van der Waals surface area contributed by atoms with Crippen molar-refractivity contribution in [1.29, 1.82) is 5.26 Å². The fourth-order valence-corrected chi connectivity index (χ4v) is 11.2. The summed E-state index contributed by atoms with van der Waals surface area (Å²) in [5.74, 6) is 0.0930. The third-order valence-electron chi connectivity index (χ3n) is 14.2. The Morgan fingerprint density at radius 3 is 1.60 bits per heavy atom. The Bertz CT molecular complexity index is 3100. The molecule has 0 heterocycles. The van der Waals surface area contributed by atoms with E-state index in [1.807, 2.05) is 156 Å². The van der Waals surface area contributed by atoms with Crippen LogP contribution in [0.5, 0.6) is 23.0 Å². The van der Waals surface area contributed by atoms with E-state index in [4.69, 9.17) is 42.1 Å². The Morgan fingerprint density at radius 1 is 0.506 bits per heavy atom. The summed E-state index contributed by atoms with van der Waals surface area (Å²) >= 11 is 13.8. The van der Waals surface area contributed by atoms with Crippen LogP contribution in [0.15, 0.2) is 218 Å². The quantitative estimate of drug-likeness (QED) is 0.0400. The highest BCUT2D eigenvalue weighted by Crippen LogP contribution is 2.60. The Hall–Kier alpha value is -7.13. The van der Waals surface area contributed by atoms with Crippen LogP contribution in [0.2, 0.25) is 10.0 Å². The molecule has 394 valence electrons. The summed E-state index contributed by atoms with van der Waals surface area (Å²) in [4.78, 5) is 0. The molecule has 9 nitrogen and oxygen atoms in total. The van der Waals surface area contributed by atoms with Crippen molar-refractivity contribution in [2.45, 2.75) is 23.7 Å². The molecule has 0 fully saturated rings. The molecule has 0 aliphatic rings. The van der Waals surface area contributed by atoms with Crippen LogP contribution in [-0.2, 0) is 16.8 Å². The summed E-state index contributed by atoms with van der Waals surface area (Å²) in [6.07, 6.45) is 2.86. The molecule has 8 aromatic rings. The van der Waals surface area contributed by atoms with Gasteiger partial charge in [-0.1, -0.05) is 169 Å². The van der Waals surface area contributed by atoms with E-state index in [0.29, 0.717) is 64.3 Å². The highest BCUT2D eigenvalue weighted by molar-refractivity contribution is 6.30. The van der Waals surface area contributed by atoms with Crippen molar-refractivity contribution in [2.75, 3.05) is 54.4 Å². The van der Waals surface area contributed by atoms with Gasteiger partial charge in [-0.2, -0.15) is 5.26 Å². The number of nitrogens with one attached hydrogen (secondary N) is 4. The highest BCUT2D eigenvalue weighted by atomic mass is 35.5. The molecule has 0 aromatic heterocycles. The summed E-state index contributed by atoms with van der Waals surface area (Å²) in [5, 5.41) is 25.6. The van der Waals surface area contributed by atoms with Crippen molar-refractivity contribution < 1.29 is 18.9 Å². The Kier molecular flexibility index (Phi) is 19.5. The van der Waals surface area contributed by atoms with Gasteiger partial charge in [0.25, 0.3) is 0 Å². The number of hydrogen-bond donors (Lipinski definition) is 4. The molecule has 0 aliphatic carbocycles. The third-order valence-corrected chi connectivity index (χ3v) is 14.7. The predicted octanol–water partition coefficient (Wildman–Crippen LogP) is 13.0. The first kappa shape index (κ1) is 56.1. The van der Waals surface area contributed by atoms with E-state index >= 15 is 0 Å². The minimum absolute atomic E-state index is 0.276. The molecule has 0 aliphatic heterocycles. The zero-order valence-corrected chi connectivity index (χ0v) is 45.8. The molecule has 2 radical (unpaired) electrons. The number of rotatable bonds is 27. The number of halogens is 2. The molecule has 6 atom stereocenters. The number of aryl methyl sites for hydroxylation is 1. The Morgan fingerprint density at radius 2 is 1.03 bits per heavy atom. The van der Waals surface area contributed by atoms with Crippen molar-refractivity contribution in [2.24, 2.45) is 17.8 Å². The monoisotopic (exact) mass is 1060 g/mol. The average molecular weight is 1070 g/mol. The van der Waals surface area contributed by atoms with Gasteiger partial charge in [0.15, 0.2) is 17.3 Å². The fourth-order valence-electron chi connectivity index (χ4n) is 10.9. The fraction of sp³-hybridized carbons (Fsp3) is 0.227. The van der Waals surface area contributed by atoms with Crippen molar-refractivity contribution in [3.8, 4) is 29.1 Å². The number of nitrogens with zero attached hydrogens (tertiary/aromatic N) is 1. The maximum Gasteiger partial charge on any atom is 0.186 e. The van der Waals surface area contributed by atoms with Gasteiger partial charge in [-0.05, 0) is 130 Å². The van der Waals surface area contributed by atoms with Gasteiger partial charge in [-0.25, -0.2) is 0 Å². The summed E-state index contributed by atoms with van der Waals surface area (Å²) in [7, 11) is 7.82. The molecule has 8 aromatic carbocycles. The molecule has 11 heteroatoms. The summed E-state index contributed by atoms with van der Waals surface area (Å²) in [6, 6.07) is 74.2. The first-order valence-corrected chi connectivity index (χ1v) is 26.7. The maximum absolute atomic E-state index is 10.0. The van der Waals surface area contributed by atoms with Gasteiger partial charge >= 0.3 is 0 Å². The van der Waals surface area contributed by atoms with E-state index in [2.05, 4.69) is 120 Å². The van der Waals surface area contributed by atoms with Crippen LogP contribution >= 0.6 is 23.2 Å². The molecule has 0 saturated carbocycles. The zero-order valence-electron chi connectivity index (χ0n) is 44.3. The van der Waals surface area contributed by atoms with Crippen LogP contribution in [-0.4, -0.2) is 54.4 Å². The van der Waals surface area contributed by atoms with E-state index in [1.165, 1.54) is 0 Å². The van der Waals surface area contributed by atoms with Gasteiger partial charge in [-0.3, -0.25) is 0 Å². The van der Waals surface area contributed by atoms with Crippen LogP contribution < -0.4 is 40.2 Å². The molecule has 0 amide bonds. The smallest absolute Gasteiger partial charge is 0.186 e. The lowest BCUT2D eigenvalue weighted by atomic mass is 9.55. The van der Waals surface area contributed by atoms with Crippen molar-refractivity contribution in [3.05, 3.63) is 274 Å². The summed E-state index contributed by atoms with van der Waals surface area (Å²) < 4.78 is 31.9. The maximum atomic E-state index is 10.0. The minimum atomic E-state index is -1.55. The van der Waals surface area contributed by atoms with Gasteiger partial charge < -0.3 is 40.2 Å². The number of para-hydroxylation sites is 1. The second kappa shape index (κ2) is 26.8. The molecule has 8 rings (SSSR count).